The Morgan fingerprint density at radius 2 is 1.73 bits per heavy atom. The zero-order chi connectivity index (χ0) is 23.0. The summed E-state index contributed by atoms with van der Waals surface area (Å²) in [4.78, 5) is 12.3. The summed E-state index contributed by atoms with van der Waals surface area (Å²) in [6, 6.07) is 20.9. The number of ether oxygens (including phenoxy) is 2. The van der Waals surface area contributed by atoms with Gasteiger partial charge in [-0.15, -0.1) is 5.10 Å². The molecule has 1 aromatic heterocycles. The molecule has 33 heavy (non-hydrogen) atoms. The van der Waals surface area contributed by atoms with Gasteiger partial charge in [0, 0.05) is 11.1 Å². The molecule has 0 radical (unpaired) electrons. The van der Waals surface area contributed by atoms with E-state index in [0.29, 0.717) is 34.9 Å². The Labute approximate surface area is 190 Å². The summed E-state index contributed by atoms with van der Waals surface area (Å²) in [5, 5.41) is 8.10. The second-order valence-electron chi connectivity index (χ2n) is 7.28. The van der Waals surface area contributed by atoms with Crippen LogP contribution >= 0.6 is 0 Å². The number of rotatable bonds is 9. The van der Waals surface area contributed by atoms with Crippen LogP contribution in [0.4, 0.5) is 4.39 Å². The molecule has 0 atom stereocenters. The molecule has 6 nitrogen and oxygen atoms in total. The van der Waals surface area contributed by atoms with Crippen molar-refractivity contribution in [2.45, 2.75) is 13.2 Å². The minimum Gasteiger partial charge on any atom is -0.497 e. The second kappa shape index (κ2) is 10.4. The van der Waals surface area contributed by atoms with E-state index in [0.717, 1.165) is 5.56 Å². The Morgan fingerprint density at radius 3 is 2.45 bits per heavy atom. The molecule has 166 valence electrons. The lowest BCUT2D eigenvalue weighted by Gasteiger charge is -2.04. The smallest absolute Gasteiger partial charge is 0.185 e. The van der Waals surface area contributed by atoms with Crippen molar-refractivity contribution in [1.82, 2.24) is 15.0 Å². The highest BCUT2D eigenvalue weighted by molar-refractivity contribution is 6.06. The van der Waals surface area contributed by atoms with E-state index in [1.807, 2.05) is 24.3 Å². The van der Waals surface area contributed by atoms with Gasteiger partial charge in [-0.3, -0.25) is 4.79 Å². The zero-order valence-electron chi connectivity index (χ0n) is 18.0. The Morgan fingerprint density at radius 1 is 1.00 bits per heavy atom. The molecule has 0 aliphatic carbocycles. The number of carbonyl (C=O) groups is 1. The van der Waals surface area contributed by atoms with Crippen molar-refractivity contribution in [1.29, 1.82) is 0 Å². The molecule has 0 unspecified atom stereocenters. The highest BCUT2D eigenvalue weighted by Crippen LogP contribution is 2.16. The summed E-state index contributed by atoms with van der Waals surface area (Å²) < 4.78 is 26.2. The van der Waals surface area contributed by atoms with Crippen molar-refractivity contribution in [2.24, 2.45) is 0 Å². The molecule has 1 heterocycles. The fourth-order valence-corrected chi connectivity index (χ4v) is 3.14. The normalized spacial score (nSPS) is 11.0. The Bertz CT molecular complexity index is 1250. The molecule has 0 N–H and O–H groups in total. The summed E-state index contributed by atoms with van der Waals surface area (Å²) in [6.07, 6.45) is 5.02. The van der Waals surface area contributed by atoms with Crippen LogP contribution in [0.5, 0.6) is 11.5 Å². The van der Waals surface area contributed by atoms with Gasteiger partial charge >= 0.3 is 0 Å². The van der Waals surface area contributed by atoms with Crippen LogP contribution in [0.3, 0.4) is 0 Å². The fraction of sp³-hybridized carbons (Fsp3) is 0.115. The Hall–Kier alpha value is -4.26. The first kappa shape index (κ1) is 22.0. The first-order valence-electron chi connectivity index (χ1n) is 10.3. The topological polar surface area (TPSA) is 66.2 Å². The molecule has 0 aliphatic rings. The largest absolute Gasteiger partial charge is 0.497 e. The van der Waals surface area contributed by atoms with Gasteiger partial charge in [0.25, 0.3) is 0 Å². The summed E-state index contributed by atoms with van der Waals surface area (Å²) in [7, 11) is 1.59. The second-order valence-corrected chi connectivity index (χ2v) is 7.28. The maximum atomic E-state index is 13.8. The first-order valence-corrected chi connectivity index (χ1v) is 10.3. The van der Waals surface area contributed by atoms with E-state index in [1.165, 1.54) is 12.1 Å². The van der Waals surface area contributed by atoms with Crippen LogP contribution in [-0.2, 0) is 13.2 Å². The lowest BCUT2D eigenvalue weighted by Crippen LogP contribution is -2.02. The number of halogens is 1. The van der Waals surface area contributed by atoms with Gasteiger partial charge in [-0.1, -0.05) is 41.6 Å². The van der Waals surface area contributed by atoms with E-state index in [1.54, 1.807) is 66.5 Å². The summed E-state index contributed by atoms with van der Waals surface area (Å²) in [5.74, 6) is 1.01. The molecule has 7 heteroatoms. The van der Waals surface area contributed by atoms with E-state index < -0.39 is 0 Å². The van der Waals surface area contributed by atoms with Crippen molar-refractivity contribution in [3.63, 3.8) is 0 Å². The molecule has 3 aromatic carbocycles. The Kier molecular flexibility index (Phi) is 6.90. The van der Waals surface area contributed by atoms with Gasteiger partial charge in [-0.05, 0) is 54.1 Å². The summed E-state index contributed by atoms with van der Waals surface area (Å²) in [5.41, 5.74) is 2.65. The number of hydrogen-bond acceptors (Lipinski definition) is 5. The molecular formula is C26H22FN3O3. The van der Waals surface area contributed by atoms with Crippen LogP contribution in [0, 0.1) is 5.82 Å². The van der Waals surface area contributed by atoms with E-state index in [4.69, 9.17) is 9.47 Å². The van der Waals surface area contributed by atoms with Crippen molar-refractivity contribution < 1.29 is 18.7 Å². The number of benzene rings is 3. The van der Waals surface area contributed by atoms with Gasteiger partial charge in [0.1, 0.15) is 29.6 Å². The molecule has 0 amide bonds. The van der Waals surface area contributed by atoms with Crippen LogP contribution < -0.4 is 9.47 Å². The van der Waals surface area contributed by atoms with Gasteiger partial charge in [0.2, 0.25) is 0 Å². The van der Waals surface area contributed by atoms with Crippen LogP contribution in [0.1, 0.15) is 27.2 Å². The van der Waals surface area contributed by atoms with Crippen LogP contribution in [0.15, 0.2) is 85.1 Å². The van der Waals surface area contributed by atoms with Crippen LogP contribution in [0.25, 0.3) is 6.08 Å². The monoisotopic (exact) mass is 443 g/mol. The van der Waals surface area contributed by atoms with Crippen LogP contribution in [-0.4, -0.2) is 27.9 Å². The standard InChI is InChI=1S/C26H22FN3O3/c1-32-23-13-9-20(10-14-23)26(31)15-8-19-6-11-24(12-7-19)33-18-22-17-30(29-28-22)16-21-4-2-3-5-25(21)27/h2-15,17H,16,18H2,1H3/b15-8+. The number of hydrogen-bond donors (Lipinski definition) is 0. The molecule has 0 fully saturated rings. The number of nitrogens with zero attached hydrogens (tertiary/aromatic N) is 3. The average molecular weight is 443 g/mol. The highest BCUT2D eigenvalue weighted by Gasteiger charge is 2.06. The molecule has 0 spiro atoms. The average Bonchev–Trinajstić information content (AvgIpc) is 3.30. The highest BCUT2D eigenvalue weighted by atomic mass is 19.1. The fourth-order valence-electron chi connectivity index (χ4n) is 3.14. The van der Waals surface area contributed by atoms with Crippen molar-refractivity contribution in [3.8, 4) is 11.5 Å². The van der Waals surface area contributed by atoms with Gasteiger partial charge in [-0.25, -0.2) is 9.07 Å². The number of ketones is 1. The molecular weight excluding hydrogens is 421 g/mol. The van der Waals surface area contributed by atoms with E-state index in [-0.39, 0.29) is 18.2 Å². The van der Waals surface area contributed by atoms with Gasteiger partial charge in [0.15, 0.2) is 5.78 Å². The Balaban J connectivity index is 1.30. The molecule has 0 aliphatic heterocycles. The molecule has 4 rings (SSSR count). The maximum absolute atomic E-state index is 13.8. The van der Waals surface area contributed by atoms with E-state index >= 15 is 0 Å². The SMILES string of the molecule is COc1ccc(C(=O)/C=C/c2ccc(OCc3cn(Cc4ccccc4F)nn3)cc2)cc1. The van der Waals surface area contributed by atoms with Gasteiger partial charge < -0.3 is 9.47 Å². The van der Waals surface area contributed by atoms with E-state index in [9.17, 15) is 9.18 Å². The number of allylic oxidation sites excluding steroid dienone is 1. The number of methoxy groups -OCH3 is 1. The maximum Gasteiger partial charge on any atom is 0.185 e. The van der Waals surface area contributed by atoms with Gasteiger partial charge in [0.05, 0.1) is 19.9 Å². The van der Waals surface area contributed by atoms with Crippen molar-refractivity contribution >= 4 is 11.9 Å². The zero-order valence-corrected chi connectivity index (χ0v) is 18.0. The van der Waals surface area contributed by atoms with Crippen molar-refractivity contribution in [3.05, 3.63) is 113 Å². The van der Waals surface area contributed by atoms with E-state index in [2.05, 4.69) is 10.3 Å². The first-order chi connectivity index (χ1) is 16.1. The summed E-state index contributed by atoms with van der Waals surface area (Å²) in [6.45, 7) is 0.540. The van der Waals surface area contributed by atoms with Crippen LogP contribution in [0.2, 0.25) is 0 Å². The summed E-state index contributed by atoms with van der Waals surface area (Å²) >= 11 is 0. The number of aromatic nitrogens is 3. The quantitative estimate of drug-likeness (QED) is 0.271. The van der Waals surface area contributed by atoms with Gasteiger partial charge in [-0.2, -0.15) is 0 Å². The lowest BCUT2D eigenvalue weighted by molar-refractivity contribution is 0.104. The minimum atomic E-state index is -0.273. The lowest BCUT2D eigenvalue weighted by atomic mass is 10.1. The molecule has 0 saturated carbocycles. The number of carbonyl (C=O) groups excluding carboxylic acids is 1. The predicted octanol–water partition coefficient (Wildman–Crippen LogP) is 4.95. The molecule has 0 saturated heterocycles. The third-order valence-corrected chi connectivity index (χ3v) is 4.94. The molecule has 4 aromatic rings. The predicted molar refractivity (Wildman–Crippen MR) is 123 cm³/mol. The third kappa shape index (κ3) is 5.92. The molecule has 0 bridgehead atoms. The van der Waals surface area contributed by atoms with Crippen molar-refractivity contribution in [2.75, 3.05) is 7.11 Å². The minimum absolute atomic E-state index is 0.0866. The third-order valence-electron chi connectivity index (χ3n) is 4.94.